The fourth-order valence-electron chi connectivity index (χ4n) is 1.39. The normalized spacial score (nSPS) is 11.9. The summed E-state index contributed by atoms with van der Waals surface area (Å²) in [6.45, 7) is 1.94. The van der Waals surface area contributed by atoms with E-state index < -0.39 is 17.0 Å². The third-order valence-electron chi connectivity index (χ3n) is 2.32. The smallest absolute Gasteiger partial charge is 0.337 e. The van der Waals surface area contributed by atoms with Crippen molar-refractivity contribution in [2.75, 3.05) is 11.9 Å². The van der Waals surface area contributed by atoms with Gasteiger partial charge in [0, 0.05) is 18.7 Å². The highest BCUT2D eigenvalue weighted by molar-refractivity contribution is 5.94. The maximum atomic E-state index is 10.9. The van der Waals surface area contributed by atoms with E-state index >= 15 is 0 Å². The number of nitrogens with zero attached hydrogens (tertiary/aromatic N) is 1. The van der Waals surface area contributed by atoms with Crippen LogP contribution in [0.3, 0.4) is 0 Å². The lowest BCUT2D eigenvalue weighted by atomic mass is 10.1. The minimum absolute atomic E-state index is 0.0359. The quantitative estimate of drug-likeness (QED) is 0.523. The second kappa shape index (κ2) is 5.97. The molecule has 0 aliphatic rings. The van der Waals surface area contributed by atoms with Gasteiger partial charge in [-0.25, -0.2) is 4.79 Å². The van der Waals surface area contributed by atoms with Gasteiger partial charge in [0.25, 0.3) is 5.69 Å². The molecule has 7 heteroatoms. The summed E-state index contributed by atoms with van der Waals surface area (Å²) in [6, 6.07) is 3.50. The third-order valence-corrected chi connectivity index (χ3v) is 2.32. The highest BCUT2D eigenvalue weighted by atomic mass is 16.6. The van der Waals surface area contributed by atoms with Gasteiger partial charge in [0.05, 0.1) is 22.3 Å². The minimum atomic E-state index is -1.16. The molecular formula is C11H14N2O5. The molecule has 0 fully saturated rings. The molecule has 3 N–H and O–H groups in total. The molecule has 0 aliphatic carbocycles. The van der Waals surface area contributed by atoms with E-state index in [2.05, 4.69) is 5.32 Å². The van der Waals surface area contributed by atoms with Gasteiger partial charge in [-0.15, -0.1) is 0 Å². The lowest BCUT2D eigenvalue weighted by Crippen LogP contribution is -2.12. The number of hydrogen-bond acceptors (Lipinski definition) is 5. The number of nitro groups is 1. The number of rotatable bonds is 6. The summed E-state index contributed by atoms with van der Waals surface area (Å²) in [5, 5.41) is 31.4. The van der Waals surface area contributed by atoms with Gasteiger partial charge in [-0.1, -0.05) is 0 Å². The Balaban J connectivity index is 2.93. The van der Waals surface area contributed by atoms with E-state index in [1.165, 1.54) is 12.1 Å². The van der Waals surface area contributed by atoms with E-state index in [9.17, 15) is 14.9 Å². The van der Waals surface area contributed by atoms with Crippen LogP contribution in [0.5, 0.6) is 0 Å². The highest BCUT2D eigenvalue weighted by Crippen LogP contribution is 2.22. The number of aliphatic hydroxyl groups is 1. The summed E-state index contributed by atoms with van der Waals surface area (Å²) >= 11 is 0. The number of nitro benzene ring substituents is 1. The van der Waals surface area contributed by atoms with Crippen LogP contribution in [0.2, 0.25) is 0 Å². The van der Waals surface area contributed by atoms with Gasteiger partial charge in [-0.3, -0.25) is 10.1 Å². The van der Waals surface area contributed by atoms with Crippen molar-refractivity contribution in [1.82, 2.24) is 0 Å². The topological polar surface area (TPSA) is 113 Å². The molecule has 18 heavy (non-hydrogen) atoms. The Morgan fingerprint density at radius 3 is 2.72 bits per heavy atom. The van der Waals surface area contributed by atoms with Crippen LogP contribution in [-0.2, 0) is 0 Å². The number of aromatic carboxylic acids is 1. The standard InChI is InChI=1S/C11H14N2O5/c1-7(14)4-5-12-10-6-8(13(17)18)2-3-9(10)11(15)16/h2-3,6-7,12,14H,4-5H2,1H3,(H,15,16). The Morgan fingerprint density at radius 1 is 1.56 bits per heavy atom. The first-order valence-corrected chi connectivity index (χ1v) is 5.35. The molecule has 1 rings (SSSR count). The second-order valence-corrected chi connectivity index (χ2v) is 3.86. The van der Waals surface area contributed by atoms with Crippen LogP contribution in [0.4, 0.5) is 11.4 Å². The van der Waals surface area contributed by atoms with Crippen molar-refractivity contribution in [3.05, 3.63) is 33.9 Å². The van der Waals surface area contributed by atoms with Gasteiger partial charge >= 0.3 is 5.97 Å². The van der Waals surface area contributed by atoms with E-state index in [0.29, 0.717) is 13.0 Å². The molecule has 0 aromatic heterocycles. The number of carboxylic acid groups (broad SMARTS) is 1. The molecular weight excluding hydrogens is 240 g/mol. The Labute approximate surface area is 103 Å². The van der Waals surface area contributed by atoms with Crippen LogP contribution in [0.15, 0.2) is 18.2 Å². The van der Waals surface area contributed by atoms with Gasteiger partial charge in [-0.05, 0) is 19.4 Å². The largest absolute Gasteiger partial charge is 0.478 e. The van der Waals surface area contributed by atoms with Crippen molar-refractivity contribution in [3.8, 4) is 0 Å². The molecule has 1 aromatic rings. The summed E-state index contributed by atoms with van der Waals surface area (Å²) in [5.74, 6) is -1.16. The van der Waals surface area contributed by atoms with Crippen molar-refractivity contribution < 1.29 is 19.9 Å². The maximum Gasteiger partial charge on any atom is 0.337 e. The predicted octanol–water partition coefficient (Wildman–Crippen LogP) is 1.48. The first-order valence-electron chi connectivity index (χ1n) is 5.35. The number of anilines is 1. The van der Waals surface area contributed by atoms with Crippen molar-refractivity contribution in [2.45, 2.75) is 19.4 Å². The van der Waals surface area contributed by atoms with Gasteiger partial charge in [0.15, 0.2) is 0 Å². The highest BCUT2D eigenvalue weighted by Gasteiger charge is 2.15. The maximum absolute atomic E-state index is 10.9. The Morgan fingerprint density at radius 2 is 2.22 bits per heavy atom. The number of benzene rings is 1. The monoisotopic (exact) mass is 254 g/mol. The fraction of sp³-hybridized carbons (Fsp3) is 0.364. The van der Waals surface area contributed by atoms with Gasteiger partial charge in [-0.2, -0.15) is 0 Å². The zero-order valence-electron chi connectivity index (χ0n) is 9.79. The molecule has 0 saturated heterocycles. The summed E-state index contributed by atoms with van der Waals surface area (Å²) in [5.41, 5.74) is -0.0388. The van der Waals surface area contributed by atoms with Gasteiger partial charge in [0.1, 0.15) is 0 Å². The molecule has 0 heterocycles. The second-order valence-electron chi connectivity index (χ2n) is 3.86. The number of hydrogen-bond donors (Lipinski definition) is 3. The molecule has 7 nitrogen and oxygen atoms in total. The summed E-state index contributed by atoms with van der Waals surface area (Å²) in [4.78, 5) is 21.0. The average Bonchev–Trinajstić information content (AvgIpc) is 2.27. The number of non-ortho nitro benzene ring substituents is 1. The number of aliphatic hydroxyl groups excluding tert-OH is 1. The third kappa shape index (κ3) is 3.70. The number of carboxylic acids is 1. The molecule has 0 radical (unpaired) electrons. The Kier molecular flexibility index (Phi) is 4.61. The molecule has 1 aromatic carbocycles. The van der Waals surface area contributed by atoms with E-state index in [4.69, 9.17) is 10.2 Å². The van der Waals surface area contributed by atoms with Crippen molar-refractivity contribution in [3.63, 3.8) is 0 Å². The van der Waals surface area contributed by atoms with Crippen LogP contribution >= 0.6 is 0 Å². The lowest BCUT2D eigenvalue weighted by molar-refractivity contribution is -0.384. The lowest BCUT2D eigenvalue weighted by Gasteiger charge is -2.10. The van der Waals surface area contributed by atoms with Gasteiger partial charge in [0.2, 0.25) is 0 Å². The molecule has 1 atom stereocenters. The molecule has 0 amide bonds. The molecule has 0 bridgehead atoms. The first kappa shape index (κ1) is 13.9. The average molecular weight is 254 g/mol. The minimum Gasteiger partial charge on any atom is -0.478 e. The van der Waals surface area contributed by atoms with E-state index in [-0.39, 0.29) is 16.9 Å². The zero-order chi connectivity index (χ0) is 13.7. The summed E-state index contributed by atoms with van der Waals surface area (Å²) in [7, 11) is 0. The van der Waals surface area contributed by atoms with Crippen LogP contribution in [0.1, 0.15) is 23.7 Å². The molecule has 0 spiro atoms. The Bertz CT molecular complexity index is 459. The van der Waals surface area contributed by atoms with Crippen molar-refractivity contribution in [1.29, 1.82) is 0 Å². The summed E-state index contributed by atoms with van der Waals surface area (Å²) in [6.07, 6.45) is -0.105. The predicted molar refractivity (Wildman–Crippen MR) is 64.8 cm³/mol. The van der Waals surface area contributed by atoms with E-state index in [1.54, 1.807) is 6.92 Å². The fourth-order valence-corrected chi connectivity index (χ4v) is 1.39. The number of nitrogens with one attached hydrogen (secondary N) is 1. The molecule has 1 unspecified atom stereocenters. The molecule has 0 aliphatic heterocycles. The van der Waals surface area contributed by atoms with E-state index in [1.807, 2.05) is 0 Å². The number of carbonyl (C=O) groups is 1. The zero-order valence-corrected chi connectivity index (χ0v) is 9.79. The van der Waals surface area contributed by atoms with Crippen LogP contribution < -0.4 is 5.32 Å². The summed E-state index contributed by atoms with van der Waals surface area (Å²) < 4.78 is 0. The molecule has 98 valence electrons. The van der Waals surface area contributed by atoms with Crippen LogP contribution in [0, 0.1) is 10.1 Å². The Hall–Kier alpha value is -2.15. The SMILES string of the molecule is CC(O)CCNc1cc([N+](=O)[O-])ccc1C(=O)O. The van der Waals surface area contributed by atoms with E-state index in [0.717, 1.165) is 6.07 Å². The van der Waals surface area contributed by atoms with Crippen LogP contribution in [0.25, 0.3) is 0 Å². The molecule has 0 saturated carbocycles. The van der Waals surface area contributed by atoms with Crippen molar-refractivity contribution >= 4 is 17.3 Å². The van der Waals surface area contributed by atoms with Gasteiger partial charge < -0.3 is 15.5 Å². The van der Waals surface area contributed by atoms with Crippen molar-refractivity contribution in [2.24, 2.45) is 0 Å². The first-order chi connectivity index (χ1) is 8.41. The van der Waals surface area contributed by atoms with Crippen LogP contribution in [-0.4, -0.2) is 33.8 Å².